The van der Waals surface area contributed by atoms with Crippen LogP contribution in [0.15, 0.2) is 41.6 Å². The molecular weight excluding hydrogens is 391 g/mol. The Morgan fingerprint density at radius 1 is 1.45 bits per heavy atom. The van der Waals surface area contributed by atoms with Crippen LogP contribution in [0.5, 0.6) is 0 Å². The molecule has 1 heterocycles. The highest BCUT2D eigenvalue weighted by atomic mass is 127. The van der Waals surface area contributed by atoms with Gasteiger partial charge in [-0.1, -0.05) is 12.1 Å². The second kappa shape index (κ2) is 5.92. The number of benzene rings is 1. The van der Waals surface area contributed by atoms with Crippen molar-refractivity contribution in [1.29, 1.82) is 5.41 Å². The summed E-state index contributed by atoms with van der Waals surface area (Å²) in [7, 11) is -3.42. The molecule has 0 bridgehead atoms. The maximum absolute atomic E-state index is 12.2. The summed E-state index contributed by atoms with van der Waals surface area (Å²) in [5.41, 5.74) is 5.77. The average Bonchev–Trinajstić information content (AvgIpc) is 2.82. The first-order valence-corrected chi connectivity index (χ1v) is 8.47. The lowest BCUT2D eigenvalue weighted by molar-refractivity contribution is 0.580. The van der Waals surface area contributed by atoms with E-state index in [0.717, 1.165) is 3.57 Å². The Hall–Kier alpha value is -1.42. The van der Waals surface area contributed by atoms with Crippen molar-refractivity contribution in [3.05, 3.63) is 45.8 Å². The van der Waals surface area contributed by atoms with Crippen LogP contribution in [0.25, 0.3) is 0 Å². The van der Waals surface area contributed by atoms with E-state index in [1.54, 1.807) is 29.2 Å². The van der Waals surface area contributed by atoms with Crippen LogP contribution in [0.3, 0.4) is 0 Å². The fraction of sp³-hybridized carbons (Fsp3) is 0.167. The minimum atomic E-state index is -3.42. The lowest BCUT2D eigenvalue weighted by Crippen LogP contribution is -2.15. The normalized spacial score (nSPS) is 11.4. The van der Waals surface area contributed by atoms with Gasteiger partial charge in [-0.15, -0.1) is 0 Å². The summed E-state index contributed by atoms with van der Waals surface area (Å²) in [6, 6.07) is 6.12. The van der Waals surface area contributed by atoms with Gasteiger partial charge >= 0.3 is 0 Å². The smallest absolute Gasteiger partial charge is 0.180 e. The molecule has 1 aromatic carbocycles. The number of nitrogens with one attached hydrogen (secondary N) is 1. The van der Waals surface area contributed by atoms with E-state index >= 15 is 0 Å². The lowest BCUT2D eigenvalue weighted by Gasteiger charge is -2.06. The zero-order valence-electron chi connectivity index (χ0n) is 10.5. The molecule has 0 aliphatic carbocycles. The van der Waals surface area contributed by atoms with Crippen LogP contribution >= 0.6 is 22.6 Å². The molecule has 1 aromatic heterocycles. The Bertz CT molecular complexity index is 739. The predicted octanol–water partition coefficient (Wildman–Crippen LogP) is 1.25. The Morgan fingerprint density at radius 3 is 2.80 bits per heavy atom. The summed E-state index contributed by atoms with van der Waals surface area (Å²) in [5.74, 6) is -0.199. The Kier molecular flexibility index (Phi) is 4.43. The van der Waals surface area contributed by atoms with Crippen LogP contribution in [0.4, 0.5) is 0 Å². The Morgan fingerprint density at radius 2 is 2.20 bits per heavy atom. The zero-order valence-corrected chi connectivity index (χ0v) is 13.4. The summed E-state index contributed by atoms with van der Waals surface area (Å²) in [5, 5.41) is 11.4. The van der Waals surface area contributed by atoms with E-state index in [1.165, 1.54) is 12.1 Å². The summed E-state index contributed by atoms with van der Waals surface area (Å²) in [6.07, 6.45) is 3.45. The van der Waals surface area contributed by atoms with Gasteiger partial charge in [-0.25, -0.2) is 8.42 Å². The first-order chi connectivity index (χ1) is 9.38. The molecule has 0 saturated heterocycles. The van der Waals surface area contributed by atoms with Crippen molar-refractivity contribution in [3.8, 4) is 0 Å². The quantitative estimate of drug-likeness (QED) is 0.445. The van der Waals surface area contributed by atoms with E-state index in [-0.39, 0.29) is 23.0 Å². The van der Waals surface area contributed by atoms with E-state index in [4.69, 9.17) is 11.1 Å². The number of nitrogens with zero attached hydrogens (tertiary/aromatic N) is 2. The second-order valence-corrected chi connectivity index (χ2v) is 7.54. The number of sulfone groups is 1. The molecule has 0 saturated carbocycles. The number of amidine groups is 1. The molecule has 0 unspecified atom stereocenters. The first kappa shape index (κ1) is 15.0. The number of aromatic nitrogens is 2. The standard InChI is InChI=1S/C12H13IN4O2S/c13-10-7-16-17(8-10)4-5-20(18,19)11-3-1-2-9(6-11)12(14)15/h1-3,6-8H,4-5H2,(H3,14,15). The van der Waals surface area contributed by atoms with Crippen LogP contribution in [0.2, 0.25) is 0 Å². The van der Waals surface area contributed by atoms with Gasteiger partial charge in [-0.05, 0) is 34.7 Å². The van der Waals surface area contributed by atoms with Gasteiger partial charge in [0.15, 0.2) is 9.84 Å². The molecule has 2 aromatic rings. The third-order valence-electron chi connectivity index (χ3n) is 2.70. The second-order valence-electron chi connectivity index (χ2n) is 4.18. The molecule has 0 aliphatic heterocycles. The monoisotopic (exact) mass is 404 g/mol. The molecule has 6 nitrogen and oxygen atoms in total. The molecule has 20 heavy (non-hydrogen) atoms. The minimum Gasteiger partial charge on any atom is -0.384 e. The van der Waals surface area contributed by atoms with E-state index < -0.39 is 9.84 Å². The maximum Gasteiger partial charge on any atom is 0.180 e. The van der Waals surface area contributed by atoms with Crippen LogP contribution in [-0.4, -0.2) is 29.8 Å². The molecule has 0 fully saturated rings. The Balaban J connectivity index is 2.17. The fourth-order valence-electron chi connectivity index (χ4n) is 1.65. The van der Waals surface area contributed by atoms with Gasteiger partial charge in [0.25, 0.3) is 0 Å². The summed E-state index contributed by atoms with van der Waals surface area (Å²) in [6.45, 7) is 0.287. The minimum absolute atomic E-state index is 0.0495. The maximum atomic E-state index is 12.2. The van der Waals surface area contributed by atoms with Crippen molar-refractivity contribution in [1.82, 2.24) is 9.78 Å². The van der Waals surface area contributed by atoms with Crippen LogP contribution in [0.1, 0.15) is 5.56 Å². The number of nitrogen functional groups attached to an aromatic ring is 1. The van der Waals surface area contributed by atoms with Gasteiger partial charge < -0.3 is 5.73 Å². The molecule has 0 amide bonds. The summed E-state index contributed by atoms with van der Waals surface area (Å²) >= 11 is 2.11. The highest BCUT2D eigenvalue weighted by Gasteiger charge is 2.15. The van der Waals surface area contributed by atoms with Crippen LogP contribution in [-0.2, 0) is 16.4 Å². The molecule has 3 N–H and O–H groups in total. The molecule has 0 spiro atoms. The van der Waals surface area contributed by atoms with Crippen molar-refractivity contribution in [2.45, 2.75) is 11.4 Å². The van der Waals surface area contributed by atoms with Gasteiger partial charge in [0, 0.05) is 11.8 Å². The van der Waals surface area contributed by atoms with Crippen molar-refractivity contribution < 1.29 is 8.42 Å². The first-order valence-electron chi connectivity index (χ1n) is 5.74. The van der Waals surface area contributed by atoms with E-state index in [0.29, 0.717) is 5.56 Å². The van der Waals surface area contributed by atoms with Gasteiger partial charge in [0.1, 0.15) is 5.84 Å². The number of aryl methyl sites for hydroxylation is 1. The van der Waals surface area contributed by atoms with Gasteiger partial charge in [0.2, 0.25) is 0 Å². The summed E-state index contributed by atoms with van der Waals surface area (Å²) in [4.78, 5) is 0.173. The van der Waals surface area contributed by atoms with E-state index in [1.807, 2.05) is 0 Å². The number of halogens is 1. The van der Waals surface area contributed by atoms with Gasteiger partial charge in [-0.2, -0.15) is 5.10 Å². The third-order valence-corrected chi connectivity index (χ3v) is 4.94. The highest BCUT2D eigenvalue weighted by Crippen LogP contribution is 2.14. The molecule has 2 rings (SSSR count). The van der Waals surface area contributed by atoms with Crippen molar-refractivity contribution in [3.63, 3.8) is 0 Å². The molecule has 106 valence electrons. The van der Waals surface area contributed by atoms with E-state index in [9.17, 15) is 8.42 Å². The van der Waals surface area contributed by atoms with Crippen LogP contribution in [0, 0.1) is 8.98 Å². The third kappa shape index (κ3) is 3.57. The molecule has 8 heteroatoms. The van der Waals surface area contributed by atoms with E-state index in [2.05, 4.69) is 27.7 Å². The predicted molar refractivity (Wildman–Crippen MR) is 84.5 cm³/mol. The molecule has 0 atom stereocenters. The number of rotatable bonds is 5. The van der Waals surface area contributed by atoms with Crippen molar-refractivity contribution in [2.24, 2.45) is 5.73 Å². The highest BCUT2D eigenvalue weighted by molar-refractivity contribution is 14.1. The number of hydrogen-bond acceptors (Lipinski definition) is 4. The molecular formula is C12H13IN4O2S. The fourth-order valence-corrected chi connectivity index (χ4v) is 3.35. The van der Waals surface area contributed by atoms with Crippen molar-refractivity contribution in [2.75, 3.05) is 5.75 Å². The Labute approximate surface area is 130 Å². The largest absolute Gasteiger partial charge is 0.384 e. The SMILES string of the molecule is N=C(N)c1cccc(S(=O)(=O)CCn2cc(I)cn2)c1. The number of nitrogens with two attached hydrogens (primary N) is 1. The molecule has 0 radical (unpaired) electrons. The van der Waals surface area contributed by atoms with Crippen molar-refractivity contribution >= 4 is 38.3 Å². The lowest BCUT2D eigenvalue weighted by atomic mass is 10.2. The number of hydrogen-bond donors (Lipinski definition) is 2. The molecule has 0 aliphatic rings. The topological polar surface area (TPSA) is 102 Å². The average molecular weight is 404 g/mol. The van der Waals surface area contributed by atoms with Crippen LogP contribution < -0.4 is 5.73 Å². The summed E-state index contributed by atoms with van der Waals surface area (Å²) < 4.78 is 27.0. The van der Waals surface area contributed by atoms with Gasteiger partial charge in [-0.3, -0.25) is 10.1 Å². The zero-order chi connectivity index (χ0) is 14.8. The van der Waals surface area contributed by atoms with Gasteiger partial charge in [0.05, 0.1) is 27.0 Å².